The summed E-state index contributed by atoms with van der Waals surface area (Å²) < 4.78 is 52.5. The highest BCUT2D eigenvalue weighted by Crippen LogP contribution is 2.39. The fraction of sp³-hybridized carbons (Fsp3) is 0.424. The van der Waals surface area contributed by atoms with E-state index < -0.39 is 53.6 Å². The van der Waals surface area contributed by atoms with Crippen LogP contribution in [-0.2, 0) is 25.3 Å². The number of esters is 1. The van der Waals surface area contributed by atoms with Crippen LogP contribution in [0, 0.1) is 0 Å². The van der Waals surface area contributed by atoms with Crippen molar-refractivity contribution in [2.75, 3.05) is 37.7 Å². The van der Waals surface area contributed by atoms with E-state index in [0.717, 1.165) is 18.6 Å². The number of carbonyl (C=O) groups excluding carboxylic acids is 3. The number of halogens is 3. The van der Waals surface area contributed by atoms with Crippen molar-refractivity contribution in [2.45, 2.75) is 56.8 Å². The number of para-hydroxylation sites is 1. The summed E-state index contributed by atoms with van der Waals surface area (Å²) in [5.74, 6) is -2.86. The van der Waals surface area contributed by atoms with E-state index in [0.29, 0.717) is 24.2 Å². The van der Waals surface area contributed by atoms with Gasteiger partial charge in [0, 0.05) is 44.4 Å². The molecule has 1 aliphatic carbocycles. The second-order valence-corrected chi connectivity index (χ2v) is 11.6. The van der Waals surface area contributed by atoms with Crippen molar-refractivity contribution in [3.63, 3.8) is 0 Å². The number of ether oxygens (including phenoxy) is 2. The number of carbonyl (C=O) groups is 4. The molecule has 1 saturated carbocycles. The number of nitrogens with one attached hydrogen (secondary N) is 1. The molecule has 2 aromatic carbocycles. The van der Waals surface area contributed by atoms with Gasteiger partial charge in [0.15, 0.2) is 5.69 Å². The molecule has 0 spiro atoms. The van der Waals surface area contributed by atoms with Crippen LogP contribution in [0.15, 0.2) is 60.7 Å². The molecule has 1 aromatic heterocycles. The third-order valence-electron chi connectivity index (χ3n) is 8.40. The topological polar surface area (TPSA) is 143 Å². The van der Waals surface area contributed by atoms with E-state index >= 15 is 0 Å². The molecule has 2 aliphatic rings. The van der Waals surface area contributed by atoms with E-state index in [2.05, 4.69) is 10.4 Å². The molecular weight excluding hydrogens is 635 g/mol. The molecule has 1 atom stereocenters. The summed E-state index contributed by atoms with van der Waals surface area (Å²) in [7, 11) is 0. The second-order valence-electron chi connectivity index (χ2n) is 11.6. The lowest BCUT2D eigenvalue weighted by Gasteiger charge is -2.38. The first-order chi connectivity index (χ1) is 22.9. The van der Waals surface area contributed by atoms with Crippen LogP contribution >= 0.6 is 0 Å². The number of hydrogen-bond donors (Lipinski definition) is 2. The van der Waals surface area contributed by atoms with Crippen LogP contribution in [0.4, 0.5) is 18.9 Å². The maximum Gasteiger partial charge on any atom is 0.416 e. The van der Waals surface area contributed by atoms with E-state index in [1.165, 1.54) is 21.7 Å². The number of hydrogen-bond acceptors (Lipinski definition) is 8. The third kappa shape index (κ3) is 7.72. The van der Waals surface area contributed by atoms with E-state index in [4.69, 9.17) is 9.47 Å². The molecule has 2 N–H and O–H groups in total. The fourth-order valence-corrected chi connectivity index (χ4v) is 5.65. The molecule has 256 valence electrons. The average Bonchev–Trinajstić information content (AvgIpc) is 3.48. The first-order valence-corrected chi connectivity index (χ1v) is 15.7. The summed E-state index contributed by atoms with van der Waals surface area (Å²) in [6, 6.07) is 13.9. The molecule has 2 heterocycles. The number of anilines is 1. The molecule has 2 fully saturated rings. The van der Waals surface area contributed by atoms with Crippen molar-refractivity contribution in [3.05, 3.63) is 71.9 Å². The number of amides is 2. The minimum atomic E-state index is -4.49. The van der Waals surface area contributed by atoms with Crippen molar-refractivity contribution in [2.24, 2.45) is 0 Å². The van der Waals surface area contributed by atoms with Crippen LogP contribution in [0.2, 0.25) is 0 Å². The van der Waals surface area contributed by atoms with Crippen molar-refractivity contribution in [1.82, 2.24) is 20.0 Å². The smallest absolute Gasteiger partial charge is 0.416 e. The first-order valence-electron chi connectivity index (χ1n) is 15.7. The summed E-state index contributed by atoms with van der Waals surface area (Å²) in [5, 5.41) is 16.4. The van der Waals surface area contributed by atoms with E-state index in [1.54, 1.807) is 48.2 Å². The maximum atomic E-state index is 13.6. The van der Waals surface area contributed by atoms with Crippen LogP contribution in [0.25, 0.3) is 5.69 Å². The summed E-state index contributed by atoms with van der Waals surface area (Å²) in [5.41, 5.74) is -1.23. The quantitative estimate of drug-likeness (QED) is 0.273. The van der Waals surface area contributed by atoms with Crippen molar-refractivity contribution in [3.8, 4) is 11.6 Å². The zero-order valence-corrected chi connectivity index (χ0v) is 26.2. The van der Waals surface area contributed by atoms with E-state index in [1.807, 2.05) is 0 Å². The van der Waals surface area contributed by atoms with Gasteiger partial charge in [-0.3, -0.25) is 14.4 Å². The Morgan fingerprint density at radius 2 is 1.67 bits per heavy atom. The fourth-order valence-electron chi connectivity index (χ4n) is 5.65. The number of carboxylic acids is 1. The third-order valence-corrected chi connectivity index (χ3v) is 8.40. The molecule has 1 aliphatic heterocycles. The highest BCUT2D eigenvalue weighted by Gasteiger charge is 2.49. The van der Waals surface area contributed by atoms with Gasteiger partial charge in [0.05, 0.1) is 17.9 Å². The first kappa shape index (κ1) is 34.3. The largest absolute Gasteiger partial charge is 0.481 e. The molecule has 0 radical (unpaired) electrons. The van der Waals surface area contributed by atoms with Gasteiger partial charge in [0.1, 0.15) is 6.04 Å². The monoisotopic (exact) mass is 671 g/mol. The Labute approximate surface area is 274 Å². The molecule has 15 heteroatoms. The summed E-state index contributed by atoms with van der Waals surface area (Å²) in [6.45, 7) is 2.62. The maximum absolute atomic E-state index is 13.6. The molecule has 1 saturated heterocycles. The van der Waals surface area contributed by atoms with Crippen LogP contribution in [0.5, 0.6) is 5.88 Å². The lowest BCUT2D eigenvalue weighted by Crippen LogP contribution is -2.55. The highest BCUT2D eigenvalue weighted by molar-refractivity contribution is 5.96. The van der Waals surface area contributed by atoms with Gasteiger partial charge >= 0.3 is 18.1 Å². The van der Waals surface area contributed by atoms with Gasteiger partial charge in [-0.2, -0.15) is 18.3 Å². The van der Waals surface area contributed by atoms with Gasteiger partial charge in [-0.1, -0.05) is 24.3 Å². The number of benzene rings is 2. The zero-order chi connectivity index (χ0) is 34.5. The molecule has 48 heavy (non-hydrogen) atoms. The Morgan fingerprint density at radius 1 is 0.979 bits per heavy atom. The van der Waals surface area contributed by atoms with Crippen LogP contribution in [-0.4, -0.2) is 88.0 Å². The van der Waals surface area contributed by atoms with Gasteiger partial charge in [0.2, 0.25) is 17.4 Å². The summed E-state index contributed by atoms with van der Waals surface area (Å²) >= 11 is 0. The highest BCUT2D eigenvalue weighted by atomic mass is 19.4. The van der Waals surface area contributed by atoms with E-state index in [-0.39, 0.29) is 50.8 Å². The standard InChI is InChI=1S/C33H36F3N5O7/c1-2-47-31(46)32(14-7-15-32)48-27-21-26(38-41(27)23-9-4-3-5-10-23)29(44)37-25(12-13-28(42)43)30(45)40-18-16-39(17-19-40)24-11-6-8-22(20-24)33(34,35)36/h3-6,8-11,20-21,25H,2,7,12-19H2,1H3,(H,37,44)(H,42,43)/t25-/m0/s1. The number of alkyl halides is 3. The summed E-state index contributed by atoms with van der Waals surface area (Å²) in [6.07, 6.45) is -3.53. The van der Waals surface area contributed by atoms with Gasteiger partial charge in [-0.25, -0.2) is 9.48 Å². The molecular formula is C33H36F3N5O7. The minimum Gasteiger partial charge on any atom is -0.481 e. The molecule has 3 aromatic rings. The predicted molar refractivity (Wildman–Crippen MR) is 166 cm³/mol. The van der Waals surface area contributed by atoms with Crippen LogP contribution in [0.1, 0.15) is 55.1 Å². The Bertz CT molecular complexity index is 1630. The Kier molecular flexibility index (Phi) is 10.2. The number of aromatic nitrogens is 2. The number of rotatable bonds is 12. The number of nitrogens with zero attached hydrogens (tertiary/aromatic N) is 4. The minimum absolute atomic E-state index is 0.109. The van der Waals surface area contributed by atoms with Gasteiger partial charge in [-0.15, -0.1) is 0 Å². The van der Waals surface area contributed by atoms with E-state index in [9.17, 15) is 37.5 Å². The number of aliphatic carboxylic acids is 1. The molecule has 0 unspecified atom stereocenters. The van der Waals surface area contributed by atoms with Gasteiger partial charge in [-0.05, 0) is 62.9 Å². The Morgan fingerprint density at radius 3 is 2.27 bits per heavy atom. The molecule has 2 amide bonds. The number of carboxylic acid groups (broad SMARTS) is 1. The molecule has 5 rings (SSSR count). The predicted octanol–water partition coefficient (Wildman–Crippen LogP) is 4.07. The SMILES string of the molecule is CCOC(=O)C1(Oc2cc(C(=O)N[C@@H](CCC(=O)O)C(=O)N3CCN(c4cccc(C(F)(F)F)c4)CC3)nn2-c2ccccc2)CCC1. The number of piperazine rings is 1. The lowest BCUT2D eigenvalue weighted by molar-refractivity contribution is -0.170. The zero-order valence-electron chi connectivity index (χ0n) is 26.2. The molecule has 0 bridgehead atoms. The lowest BCUT2D eigenvalue weighted by atomic mass is 9.80. The molecule has 12 nitrogen and oxygen atoms in total. The normalized spacial score (nSPS) is 16.4. The van der Waals surface area contributed by atoms with Crippen molar-refractivity contribution in [1.29, 1.82) is 0 Å². The Hall–Kier alpha value is -5.08. The van der Waals surface area contributed by atoms with Crippen molar-refractivity contribution < 1.29 is 46.9 Å². The Balaban J connectivity index is 1.33. The van der Waals surface area contributed by atoms with Gasteiger partial charge < -0.3 is 29.7 Å². The van der Waals surface area contributed by atoms with Crippen LogP contribution < -0.4 is 15.0 Å². The summed E-state index contributed by atoms with van der Waals surface area (Å²) in [4.78, 5) is 54.6. The van der Waals surface area contributed by atoms with Crippen molar-refractivity contribution >= 4 is 29.4 Å². The average molecular weight is 672 g/mol. The van der Waals surface area contributed by atoms with Crippen LogP contribution in [0.3, 0.4) is 0 Å². The van der Waals surface area contributed by atoms with Gasteiger partial charge in [0.25, 0.3) is 5.91 Å². The second kappa shape index (κ2) is 14.4.